The first-order chi connectivity index (χ1) is 15.7. The van der Waals surface area contributed by atoms with Crippen LogP contribution in [0, 0.1) is 5.92 Å². The van der Waals surface area contributed by atoms with Gasteiger partial charge in [0.15, 0.2) is 0 Å². The van der Waals surface area contributed by atoms with Crippen LogP contribution in [-0.2, 0) is 4.79 Å². The van der Waals surface area contributed by atoms with Crippen LogP contribution in [0.25, 0.3) is 0 Å². The van der Waals surface area contributed by atoms with E-state index in [1.54, 1.807) is 0 Å². The Morgan fingerprint density at radius 2 is 1.66 bits per heavy atom. The van der Waals surface area contributed by atoms with Crippen molar-refractivity contribution in [2.45, 2.75) is 51.0 Å². The summed E-state index contributed by atoms with van der Waals surface area (Å²) < 4.78 is 0. The molecule has 2 aliphatic heterocycles. The van der Waals surface area contributed by atoms with Crippen LogP contribution in [0.3, 0.4) is 0 Å². The molecule has 7 nitrogen and oxygen atoms in total. The fraction of sp³-hybridized carbons (Fsp3) is 0.680. The van der Waals surface area contributed by atoms with Crippen LogP contribution in [0.5, 0.6) is 0 Å². The number of anilines is 1. The molecule has 4 rings (SSSR count). The summed E-state index contributed by atoms with van der Waals surface area (Å²) in [6, 6.07) is 10.9. The van der Waals surface area contributed by atoms with Crippen molar-refractivity contribution in [3.05, 3.63) is 30.3 Å². The van der Waals surface area contributed by atoms with Crippen molar-refractivity contribution in [2.75, 3.05) is 57.3 Å². The second kappa shape index (κ2) is 11.5. The highest BCUT2D eigenvalue weighted by atomic mass is 16.2. The van der Waals surface area contributed by atoms with E-state index >= 15 is 0 Å². The third-order valence-electron chi connectivity index (χ3n) is 7.21. The SMILES string of the molecule is O=C(NCCCN1CCN(c2ccccc2)CC1)[C@H]1CCCN(C(=O)NC2CCCC2)C1. The van der Waals surface area contributed by atoms with Gasteiger partial charge in [-0.15, -0.1) is 0 Å². The van der Waals surface area contributed by atoms with Gasteiger partial charge in [-0.3, -0.25) is 9.69 Å². The Labute approximate surface area is 192 Å². The molecule has 1 aromatic carbocycles. The Hall–Kier alpha value is -2.28. The first kappa shape index (κ1) is 22.9. The molecule has 1 atom stereocenters. The lowest BCUT2D eigenvalue weighted by Gasteiger charge is -2.36. The lowest BCUT2D eigenvalue weighted by Crippen LogP contribution is -2.50. The van der Waals surface area contributed by atoms with E-state index in [9.17, 15) is 9.59 Å². The number of para-hydroxylation sites is 1. The van der Waals surface area contributed by atoms with Gasteiger partial charge in [0.2, 0.25) is 5.91 Å². The van der Waals surface area contributed by atoms with E-state index < -0.39 is 0 Å². The van der Waals surface area contributed by atoms with Crippen LogP contribution in [0.1, 0.15) is 44.9 Å². The van der Waals surface area contributed by atoms with Gasteiger partial charge in [0, 0.05) is 57.5 Å². The van der Waals surface area contributed by atoms with Gasteiger partial charge in [0.25, 0.3) is 0 Å². The Morgan fingerprint density at radius 3 is 2.41 bits per heavy atom. The topological polar surface area (TPSA) is 67.9 Å². The molecule has 0 unspecified atom stereocenters. The number of piperidine rings is 1. The highest BCUT2D eigenvalue weighted by Crippen LogP contribution is 2.20. The number of piperazine rings is 1. The molecule has 1 aromatic rings. The summed E-state index contributed by atoms with van der Waals surface area (Å²) >= 11 is 0. The fourth-order valence-electron chi connectivity index (χ4n) is 5.24. The number of nitrogens with zero attached hydrogens (tertiary/aromatic N) is 3. The molecule has 3 aliphatic rings. The molecular formula is C25H39N5O2. The van der Waals surface area contributed by atoms with Gasteiger partial charge in [-0.25, -0.2) is 4.79 Å². The lowest BCUT2D eigenvalue weighted by atomic mass is 9.97. The molecule has 2 N–H and O–H groups in total. The number of likely N-dealkylation sites (tertiary alicyclic amines) is 1. The smallest absolute Gasteiger partial charge is 0.317 e. The number of nitrogens with one attached hydrogen (secondary N) is 2. The van der Waals surface area contributed by atoms with Crippen molar-refractivity contribution in [3.63, 3.8) is 0 Å². The number of hydrogen-bond donors (Lipinski definition) is 2. The van der Waals surface area contributed by atoms with Gasteiger partial charge in [-0.05, 0) is 50.8 Å². The Balaban J connectivity index is 1.10. The van der Waals surface area contributed by atoms with E-state index in [1.807, 2.05) is 4.90 Å². The summed E-state index contributed by atoms with van der Waals surface area (Å²) in [6.45, 7) is 7.27. The summed E-state index contributed by atoms with van der Waals surface area (Å²) in [4.78, 5) is 32.0. The third-order valence-corrected chi connectivity index (χ3v) is 7.21. The molecule has 32 heavy (non-hydrogen) atoms. The number of benzene rings is 1. The quantitative estimate of drug-likeness (QED) is 0.639. The third kappa shape index (κ3) is 6.37. The first-order valence-electron chi connectivity index (χ1n) is 12.5. The van der Waals surface area contributed by atoms with Crippen molar-refractivity contribution in [1.82, 2.24) is 20.4 Å². The zero-order valence-corrected chi connectivity index (χ0v) is 19.3. The molecule has 1 saturated carbocycles. The molecule has 3 amide bonds. The van der Waals surface area contributed by atoms with Crippen LogP contribution < -0.4 is 15.5 Å². The maximum absolute atomic E-state index is 12.7. The number of urea groups is 1. The van der Waals surface area contributed by atoms with Crippen LogP contribution in [0.4, 0.5) is 10.5 Å². The van der Waals surface area contributed by atoms with E-state index in [2.05, 4.69) is 50.8 Å². The highest BCUT2D eigenvalue weighted by molar-refractivity contribution is 5.80. The molecule has 0 bridgehead atoms. The largest absolute Gasteiger partial charge is 0.369 e. The summed E-state index contributed by atoms with van der Waals surface area (Å²) in [5.74, 6) is 0.0322. The van der Waals surface area contributed by atoms with Crippen molar-refractivity contribution in [2.24, 2.45) is 5.92 Å². The van der Waals surface area contributed by atoms with E-state index in [-0.39, 0.29) is 17.9 Å². The minimum absolute atomic E-state index is 0.0176. The zero-order valence-electron chi connectivity index (χ0n) is 19.3. The molecular weight excluding hydrogens is 402 g/mol. The van der Waals surface area contributed by atoms with Crippen LogP contribution >= 0.6 is 0 Å². The summed E-state index contributed by atoms with van der Waals surface area (Å²) in [7, 11) is 0. The predicted molar refractivity (Wildman–Crippen MR) is 128 cm³/mol. The molecule has 0 aromatic heterocycles. The van der Waals surface area contributed by atoms with E-state index in [1.165, 1.54) is 18.5 Å². The predicted octanol–water partition coefficient (Wildman–Crippen LogP) is 2.68. The number of carbonyl (C=O) groups excluding carboxylic acids is 2. The molecule has 7 heteroatoms. The second-order valence-electron chi connectivity index (χ2n) is 9.52. The van der Waals surface area contributed by atoms with Gasteiger partial charge >= 0.3 is 6.03 Å². The normalized spacial score (nSPS) is 22.7. The number of hydrogen-bond acceptors (Lipinski definition) is 4. The maximum Gasteiger partial charge on any atom is 0.317 e. The molecule has 2 saturated heterocycles. The van der Waals surface area contributed by atoms with Gasteiger partial charge in [-0.2, -0.15) is 0 Å². The average molecular weight is 442 g/mol. The Kier molecular flexibility index (Phi) is 8.26. The molecule has 0 radical (unpaired) electrons. The summed E-state index contributed by atoms with van der Waals surface area (Å²) in [5, 5.41) is 6.28. The minimum Gasteiger partial charge on any atom is -0.369 e. The average Bonchev–Trinajstić information content (AvgIpc) is 3.36. The maximum atomic E-state index is 12.7. The number of carbonyl (C=O) groups is 2. The van der Waals surface area contributed by atoms with Crippen LogP contribution in [0.2, 0.25) is 0 Å². The van der Waals surface area contributed by atoms with Gasteiger partial charge in [0.1, 0.15) is 0 Å². The number of amides is 3. The Bertz CT molecular complexity index is 729. The lowest BCUT2D eigenvalue weighted by molar-refractivity contribution is -0.126. The molecule has 176 valence electrons. The molecule has 0 spiro atoms. The van der Waals surface area contributed by atoms with Crippen LogP contribution in [0.15, 0.2) is 30.3 Å². The van der Waals surface area contributed by atoms with Crippen molar-refractivity contribution in [3.8, 4) is 0 Å². The molecule has 1 aliphatic carbocycles. The second-order valence-corrected chi connectivity index (χ2v) is 9.52. The van der Waals surface area contributed by atoms with Crippen molar-refractivity contribution < 1.29 is 9.59 Å². The van der Waals surface area contributed by atoms with Crippen molar-refractivity contribution >= 4 is 17.6 Å². The summed E-state index contributed by atoms with van der Waals surface area (Å²) in [6.07, 6.45) is 7.34. The summed E-state index contributed by atoms with van der Waals surface area (Å²) in [5.41, 5.74) is 1.30. The Morgan fingerprint density at radius 1 is 0.906 bits per heavy atom. The fourth-order valence-corrected chi connectivity index (χ4v) is 5.24. The van der Waals surface area contributed by atoms with E-state index in [4.69, 9.17) is 0 Å². The van der Waals surface area contributed by atoms with Gasteiger partial charge in [-0.1, -0.05) is 31.0 Å². The van der Waals surface area contributed by atoms with E-state index in [0.29, 0.717) is 19.1 Å². The van der Waals surface area contributed by atoms with Crippen molar-refractivity contribution in [1.29, 1.82) is 0 Å². The van der Waals surface area contributed by atoms with Crippen LogP contribution in [-0.4, -0.2) is 80.1 Å². The number of rotatable bonds is 7. The minimum atomic E-state index is -0.0764. The molecule has 3 fully saturated rings. The highest BCUT2D eigenvalue weighted by Gasteiger charge is 2.29. The van der Waals surface area contributed by atoms with E-state index in [0.717, 1.165) is 71.4 Å². The van der Waals surface area contributed by atoms with Gasteiger partial charge < -0.3 is 20.4 Å². The monoisotopic (exact) mass is 441 g/mol. The van der Waals surface area contributed by atoms with Gasteiger partial charge in [0.05, 0.1) is 5.92 Å². The first-order valence-corrected chi connectivity index (χ1v) is 12.5. The standard InChI is InChI=1S/C25H39N5O2/c31-24(21-8-6-15-30(20-21)25(32)27-22-9-4-5-10-22)26-13-7-14-28-16-18-29(19-17-28)23-11-2-1-3-12-23/h1-3,11-12,21-22H,4-10,13-20H2,(H,26,31)(H,27,32)/t21-/m0/s1. The zero-order chi connectivity index (χ0) is 22.2. The molecule has 2 heterocycles.